The summed E-state index contributed by atoms with van der Waals surface area (Å²) in [7, 11) is -0.313. The fourth-order valence-electron chi connectivity index (χ4n) is 1.38. The Bertz CT molecular complexity index is 343. The van der Waals surface area contributed by atoms with E-state index in [1.165, 1.54) is 5.30 Å². The van der Waals surface area contributed by atoms with Gasteiger partial charge in [0.25, 0.3) is 0 Å². The largest absolute Gasteiger partial charge is 0.198 e. The lowest BCUT2D eigenvalue weighted by Gasteiger charge is -2.14. The summed E-state index contributed by atoms with van der Waals surface area (Å²) in [6.45, 7) is 0. The molecule has 0 saturated heterocycles. The van der Waals surface area contributed by atoms with Gasteiger partial charge in [-0.25, -0.2) is 0 Å². The van der Waals surface area contributed by atoms with Crippen molar-refractivity contribution in [1.29, 1.82) is 10.5 Å². The Morgan fingerprint density at radius 1 is 0.933 bits per heavy atom. The topological polar surface area (TPSA) is 47.6 Å². The molecule has 0 unspecified atom stereocenters. The van der Waals surface area contributed by atoms with Crippen LogP contribution in [0.3, 0.4) is 0 Å². The summed E-state index contributed by atoms with van der Waals surface area (Å²) >= 11 is 0. The summed E-state index contributed by atoms with van der Waals surface area (Å²) in [4.78, 5) is 0. The third kappa shape index (κ3) is 4.11. The number of benzene rings is 1. The second-order valence-corrected chi connectivity index (χ2v) is 5.63. The second-order valence-electron chi connectivity index (χ2n) is 3.14. The Hall–Kier alpha value is -1.37. The summed E-state index contributed by atoms with van der Waals surface area (Å²) in [5.41, 5.74) is 0. The second kappa shape index (κ2) is 6.99. The summed E-state index contributed by atoms with van der Waals surface area (Å²) in [5.74, 6) is 0. The van der Waals surface area contributed by atoms with Gasteiger partial charge in [0, 0.05) is 12.8 Å². The lowest BCUT2D eigenvalue weighted by Crippen LogP contribution is -2.05. The van der Waals surface area contributed by atoms with Crippen LogP contribution in [-0.2, 0) is 0 Å². The molecule has 0 spiro atoms. The fraction of sp³-hybridized carbons (Fsp3) is 0.333. The van der Waals surface area contributed by atoms with Crippen LogP contribution in [0.25, 0.3) is 0 Å². The van der Waals surface area contributed by atoms with E-state index in [2.05, 4.69) is 24.3 Å². The number of nitriles is 2. The monoisotopic (exact) mass is 216 g/mol. The smallest absolute Gasteiger partial charge is 0.0625 e. The molecule has 3 heteroatoms. The molecule has 0 N–H and O–H groups in total. The highest BCUT2D eigenvalue weighted by molar-refractivity contribution is 7.65. The van der Waals surface area contributed by atoms with E-state index in [1.807, 2.05) is 18.2 Å². The summed E-state index contributed by atoms with van der Waals surface area (Å²) < 4.78 is 0. The maximum Gasteiger partial charge on any atom is 0.0625 e. The van der Waals surface area contributed by atoms with Crippen molar-refractivity contribution in [3.63, 3.8) is 0 Å². The van der Waals surface area contributed by atoms with Crippen molar-refractivity contribution in [2.24, 2.45) is 0 Å². The molecule has 1 aromatic carbocycles. The highest BCUT2D eigenvalue weighted by atomic mass is 31.1. The first kappa shape index (κ1) is 11.7. The Kier molecular flexibility index (Phi) is 5.46. The normalized spacial score (nSPS) is 9.53. The zero-order valence-electron chi connectivity index (χ0n) is 8.56. The Labute approximate surface area is 91.9 Å². The lowest BCUT2D eigenvalue weighted by molar-refractivity contribution is 1.18. The van der Waals surface area contributed by atoms with E-state index in [4.69, 9.17) is 10.5 Å². The summed E-state index contributed by atoms with van der Waals surface area (Å²) in [6.07, 6.45) is 3.01. The van der Waals surface area contributed by atoms with Crippen LogP contribution in [0.1, 0.15) is 12.8 Å². The molecule has 0 aliphatic heterocycles. The maximum absolute atomic E-state index is 8.58. The van der Waals surface area contributed by atoms with Crippen LogP contribution in [0.15, 0.2) is 30.3 Å². The number of rotatable bonds is 5. The lowest BCUT2D eigenvalue weighted by atomic mass is 10.4. The number of hydrogen-bond acceptors (Lipinski definition) is 2. The summed E-state index contributed by atoms with van der Waals surface area (Å²) in [5, 5.41) is 18.5. The van der Waals surface area contributed by atoms with E-state index in [9.17, 15) is 0 Å². The summed E-state index contributed by atoms with van der Waals surface area (Å²) in [6, 6.07) is 14.6. The third-order valence-electron chi connectivity index (χ3n) is 2.11. The highest BCUT2D eigenvalue weighted by Crippen LogP contribution is 2.35. The Morgan fingerprint density at radius 2 is 1.47 bits per heavy atom. The molecule has 0 amide bonds. The van der Waals surface area contributed by atoms with Gasteiger partial charge >= 0.3 is 0 Å². The quantitative estimate of drug-likeness (QED) is 0.710. The predicted octanol–water partition coefficient (Wildman–Crippen LogP) is 2.62. The molecule has 0 heterocycles. The highest BCUT2D eigenvalue weighted by Gasteiger charge is 2.09. The molecule has 15 heavy (non-hydrogen) atoms. The maximum atomic E-state index is 8.58. The minimum Gasteiger partial charge on any atom is -0.198 e. The van der Waals surface area contributed by atoms with Crippen LogP contribution < -0.4 is 5.30 Å². The number of hydrogen-bond donors (Lipinski definition) is 0. The van der Waals surface area contributed by atoms with Crippen molar-refractivity contribution in [2.45, 2.75) is 12.8 Å². The van der Waals surface area contributed by atoms with Crippen molar-refractivity contribution >= 4 is 13.2 Å². The first-order valence-electron chi connectivity index (χ1n) is 4.92. The van der Waals surface area contributed by atoms with Crippen molar-refractivity contribution < 1.29 is 0 Å². The minimum atomic E-state index is -0.313. The number of nitrogens with zero attached hydrogens (tertiary/aromatic N) is 2. The molecule has 0 aliphatic carbocycles. The van der Waals surface area contributed by atoms with E-state index in [1.54, 1.807) is 0 Å². The molecule has 1 rings (SSSR count). The van der Waals surface area contributed by atoms with Crippen LogP contribution in [0.5, 0.6) is 0 Å². The fourth-order valence-corrected chi connectivity index (χ4v) is 3.45. The van der Waals surface area contributed by atoms with Crippen molar-refractivity contribution in [2.75, 3.05) is 12.3 Å². The van der Waals surface area contributed by atoms with Crippen molar-refractivity contribution in [1.82, 2.24) is 0 Å². The van der Waals surface area contributed by atoms with Crippen LogP contribution in [0, 0.1) is 22.7 Å². The first-order chi connectivity index (χ1) is 7.38. The van der Waals surface area contributed by atoms with Gasteiger partial charge in [0.2, 0.25) is 0 Å². The van der Waals surface area contributed by atoms with Crippen LogP contribution in [-0.4, -0.2) is 12.3 Å². The van der Waals surface area contributed by atoms with E-state index in [-0.39, 0.29) is 7.92 Å². The molecule has 2 nitrogen and oxygen atoms in total. The average Bonchev–Trinajstić information content (AvgIpc) is 2.30. The molecule has 0 fully saturated rings. The van der Waals surface area contributed by atoms with Crippen molar-refractivity contribution in [3.05, 3.63) is 30.3 Å². The van der Waals surface area contributed by atoms with Gasteiger partial charge in [-0.3, -0.25) is 0 Å². The van der Waals surface area contributed by atoms with Gasteiger partial charge < -0.3 is 0 Å². The SMILES string of the molecule is N#CCCP(CCC#N)c1ccccc1. The van der Waals surface area contributed by atoms with Crippen LogP contribution in [0.4, 0.5) is 0 Å². The van der Waals surface area contributed by atoms with E-state index in [0.717, 1.165) is 12.3 Å². The molecule has 0 radical (unpaired) electrons. The van der Waals surface area contributed by atoms with Crippen LogP contribution in [0.2, 0.25) is 0 Å². The van der Waals surface area contributed by atoms with E-state index >= 15 is 0 Å². The predicted molar refractivity (Wildman–Crippen MR) is 63.2 cm³/mol. The van der Waals surface area contributed by atoms with Crippen LogP contribution >= 0.6 is 7.92 Å². The molecule has 0 atom stereocenters. The third-order valence-corrected chi connectivity index (χ3v) is 4.66. The molecule has 0 saturated carbocycles. The van der Waals surface area contributed by atoms with Gasteiger partial charge in [-0.2, -0.15) is 10.5 Å². The first-order valence-corrected chi connectivity index (χ1v) is 6.63. The zero-order valence-corrected chi connectivity index (χ0v) is 9.45. The minimum absolute atomic E-state index is 0.313. The van der Waals surface area contributed by atoms with Gasteiger partial charge in [-0.05, 0) is 17.6 Å². The van der Waals surface area contributed by atoms with E-state index < -0.39 is 0 Å². The zero-order chi connectivity index (χ0) is 10.9. The molecule has 1 aromatic rings. The molecule has 0 bridgehead atoms. The van der Waals surface area contributed by atoms with Gasteiger partial charge in [-0.1, -0.05) is 38.3 Å². The molecule has 0 aliphatic rings. The van der Waals surface area contributed by atoms with Crippen molar-refractivity contribution in [3.8, 4) is 12.1 Å². The van der Waals surface area contributed by atoms with Gasteiger partial charge in [0.15, 0.2) is 0 Å². The molecule has 76 valence electrons. The van der Waals surface area contributed by atoms with Gasteiger partial charge in [0.1, 0.15) is 0 Å². The van der Waals surface area contributed by atoms with Gasteiger partial charge in [-0.15, -0.1) is 0 Å². The Morgan fingerprint density at radius 3 is 1.93 bits per heavy atom. The van der Waals surface area contributed by atoms with Gasteiger partial charge in [0.05, 0.1) is 12.1 Å². The van der Waals surface area contributed by atoms with E-state index in [0.29, 0.717) is 12.8 Å². The standard InChI is InChI=1S/C12H13N2P/c13-8-4-10-15(11-5-9-14)12-6-2-1-3-7-12/h1-3,6-7H,4-5,10-11H2. The molecule has 0 aromatic heterocycles. The average molecular weight is 216 g/mol. The molecular weight excluding hydrogens is 203 g/mol. The Balaban J connectivity index is 2.64. The molecular formula is C12H13N2P.